The number of carbonyl (C=O) groups is 1. The molecule has 5 nitrogen and oxygen atoms in total. The summed E-state index contributed by atoms with van der Waals surface area (Å²) in [4.78, 5) is 30.0. The first kappa shape index (κ1) is 18.9. The van der Waals surface area contributed by atoms with Gasteiger partial charge in [0.1, 0.15) is 0 Å². The Hall–Kier alpha value is -2.86. The number of anilines is 1. The average molecular weight is 379 g/mol. The molecular weight excluding hydrogens is 358 g/mol. The zero-order chi connectivity index (χ0) is 19.4. The molecule has 0 radical (unpaired) electrons. The van der Waals surface area contributed by atoms with Gasteiger partial charge in [-0.25, -0.2) is 4.98 Å². The van der Waals surface area contributed by atoms with Crippen LogP contribution in [-0.4, -0.2) is 20.7 Å². The number of aromatic nitrogens is 2. The summed E-state index contributed by atoms with van der Waals surface area (Å²) < 4.78 is 1.55. The number of benzene rings is 2. The van der Waals surface area contributed by atoms with E-state index >= 15 is 0 Å². The minimum atomic E-state index is -0.422. The van der Waals surface area contributed by atoms with Gasteiger partial charge in [-0.05, 0) is 43.7 Å². The van der Waals surface area contributed by atoms with E-state index in [2.05, 4.69) is 16.9 Å². The van der Waals surface area contributed by atoms with Gasteiger partial charge in [-0.15, -0.1) is 6.58 Å². The second-order valence-electron chi connectivity index (χ2n) is 6.23. The highest BCUT2D eigenvalue weighted by Gasteiger charge is 2.19. The van der Waals surface area contributed by atoms with E-state index in [1.165, 1.54) is 11.8 Å². The van der Waals surface area contributed by atoms with Crippen molar-refractivity contribution in [3.8, 4) is 0 Å². The van der Waals surface area contributed by atoms with Gasteiger partial charge >= 0.3 is 0 Å². The second kappa shape index (κ2) is 8.22. The van der Waals surface area contributed by atoms with Crippen LogP contribution in [0.3, 0.4) is 0 Å². The van der Waals surface area contributed by atoms with Crippen molar-refractivity contribution in [3.05, 3.63) is 77.1 Å². The quantitative estimate of drug-likeness (QED) is 0.399. The maximum atomic E-state index is 12.8. The minimum absolute atomic E-state index is 0.130. The molecular formula is C21H21N3O2S. The molecule has 3 rings (SSSR count). The Bertz CT molecular complexity index is 1060. The van der Waals surface area contributed by atoms with Crippen LogP contribution in [0, 0.1) is 6.92 Å². The monoisotopic (exact) mass is 379 g/mol. The van der Waals surface area contributed by atoms with E-state index < -0.39 is 5.25 Å². The molecule has 1 N–H and O–H groups in total. The summed E-state index contributed by atoms with van der Waals surface area (Å²) in [5, 5.41) is 3.55. The topological polar surface area (TPSA) is 64.0 Å². The number of amides is 1. The number of rotatable bonds is 6. The number of nitrogens with one attached hydrogen (secondary N) is 1. The molecule has 6 heteroatoms. The van der Waals surface area contributed by atoms with E-state index in [4.69, 9.17) is 0 Å². The molecule has 0 fully saturated rings. The first-order chi connectivity index (χ1) is 13.0. The third-order valence-corrected chi connectivity index (χ3v) is 5.17. The molecule has 0 bridgehead atoms. The molecule has 2 aromatic carbocycles. The molecule has 1 aromatic heterocycles. The first-order valence-corrected chi connectivity index (χ1v) is 9.52. The molecule has 1 amide bonds. The van der Waals surface area contributed by atoms with Gasteiger partial charge in [-0.3, -0.25) is 14.2 Å². The molecule has 0 saturated carbocycles. The summed E-state index contributed by atoms with van der Waals surface area (Å²) in [5.74, 6) is -0.141. The highest BCUT2D eigenvalue weighted by Crippen LogP contribution is 2.24. The van der Waals surface area contributed by atoms with Crippen molar-refractivity contribution in [1.29, 1.82) is 0 Å². The maximum Gasteiger partial charge on any atom is 0.262 e. The number of fused-ring (bicyclic) bond motifs is 1. The van der Waals surface area contributed by atoms with Crippen molar-refractivity contribution >= 4 is 34.3 Å². The standard InChI is InChI=1S/C21H21N3O2S/c1-4-12-24-20(26)17-10-5-6-11-18(17)23-21(24)27-15(3)19(25)22-16-9-7-8-14(2)13-16/h4-11,13,15H,1,12H2,2-3H3,(H,22,25)/t15-/m0/s1. The van der Waals surface area contributed by atoms with Gasteiger partial charge in [0.2, 0.25) is 5.91 Å². The Morgan fingerprint density at radius 1 is 1.30 bits per heavy atom. The second-order valence-corrected chi connectivity index (χ2v) is 7.54. The zero-order valence-corrected chi connectivity index (χ0v) is 16.1. The predicted molar refractivity (Wildman–Crippen MR) is 111 cm³/mol. The van der Waals surface area contributed by atoms with Gasteiger partial charge in [0.15, 0.2) is 5.16 Å². The third kappa shape index (κ3) is 4.28. The smallest absolute Gasteiger partial charge is 0.262 e. The number of nitrogens with zero attached hydrogens (tertiary/aromatic N) is 2. The Labute approximate surface area is 162 Å². The van der Waals surface area contributed by atoms with Crippen molar-refractivity contribution in [2.45, 2.75) is 30.8 Å². The van der Waals surface area contributed by atoms with Crippen LogP contribution in [0.5, 0.6) is 0 Å². The van der Waals surface area contributed by atoms with Crippen molar-refractivity contribution < 1.29 is 4.79 Å². The molecule has 27 heavy (non-hydrogen) atoms. The molecule has 0 aliphatic carbocycles. The van der Waals surface area contributed by atoms with E-state index in [0.717, 1.165) is 11.3 Å². The fraction of sp³-hybridized carbons (Fsp3) is 0.190. The largest absolute Gasteiger partial charge is 0.325 e. The van der Waals surface area contributed by atoms with Gasteiger partial charge in [0.05, 0.1) is 16.2 Å². The molecule has 0 aliphatic heterocycles. The van der Waals surface area contributed by atoms with Crippen LogP contribution >= 0.6 is 11.8 Å². The minimum Gasteiger partial charge on any atom is -0.325 e. The average Bonchev–Trinajstić information content (AvgIpc) is 2.65. The van der Waals surface area contributed by atoms with Crippen LogP contribution in [0.4, 0.5) is 5.69 Å². The van der Waals surface area contributed by atoms with Crippen LogP contribution < -0.4 is 10.9 Å². The van der Waals surface area contributed by atoms with Gasteiger partial charge in [0.25, 0.3) is 5.56 Å². The summed E-state index contributed by atoms with van der Waals surface area (Å²) >= 11 is 1.26. The first-order valence-electron chi connectivity index (χ1n) is 8.64. The molecule has 0 saturated heterocycles. The van der Waals surface area contributed by atoms with Crippen LogP contribution in [0.2, 0.25) is 0 Å². The lowest BCUT2D eigenvalue weighted by Crippen LogP contribution is -2.26. The lowest BCUT2D eigenvalue weighted by Gasteiger charge is -2.15. The zero-order valence-electron chi connectivity index (χ0n) is 15.3. The Morgan fingerprint density at radius 2 is 2.07 bits per heavy atom. The number of carbonyl (C=O) groups excluding carboxylic acids is 1. The normalized spacial score (nSPS) is 11.9. The van der Waals surface area contributed by atoms with E-state index in [9.17, 15) is 9.59 Å². The highest BCUT2D eigenvalue weighted by molar-refractivity contribution is 8.00. The molecule has 138 valence electrons. The van der Waals surface area contributed by atoms with E-state index in [1.807, 2.05) is 43.3 Å². The van der Waals surface area contributed by atoms with Crippen LogP contribution in [0.15, 0.2) is 71.1 Å². The van der Waals surface area contributed by atoms with Crippen molar-refractivity contribution in [1.82, 2.24) is 9.55 Å². The molecule has 0 aliphatic rings. The summed E-state index contributed by atoms with van der Waals surface area (Å²) in [7, 11) is 0. The van der Waals surface area contributed by atoms with Crippen molar-refractivity contribution in [2.24, 2.45) is 0 Å². The van der Waals surface area contributed by atoms with Crippen molar-refractivity contribution in [2.75, 3.05) is 5.32 Å². The molecule has 3 aromatic rings. The fourth-order valence-corrected chi connectivity index (χ4v) is 3.62. The van der Waals surface area contributed by atoms with Gasteiger partial charge in [-0.1, -0.05) is 42.1 Å². The molecule has 0 spiro atoms. The lowest BCUT2D eigenvalue weighted by atomic mass is 10.2. The van der Waals surface area contributed by atoms with Gasteiger partial charge in [0, 0.05) is 12.2 Å². The number of hydrogen-bond donors (Lipinski definition) is 1. The Kier molecular flexibility index (Phi) is 5.76. The Morgan fingerprint density at radius 3 is 2.81 bits per heavy atom. The number of hydrogen-bond acceptors (Lipinski definition) is 4. The summed E-state index contributed by atoms with van der Waals surface area (Å²) in [6.45, 7) is 7.83. The van der Waals surface area contributed by atoms with Gasteiger partial charge < -0.3 is 5.32 Å². The maximum absolute atomic E-state index is 12.8. The van der Waals surface area contributed by atoms with Crippen LogP contribution in [0.1, 0.15) is 12.5 Å². The van der Waals surface area contributed by atoms with Gasteiger partial charge in [-0.2, -0.15) is 0 Å². The molecule has 0 unspecified atom stereocenters. The van der Waals surface area contributed by atoms with E-state index in [0.29, 0.717) is 22.6 Å². The highest BCUT2D eigenvalue weighted by atomic mass is 32.2. The Balaban J connectivity index is 1.88. The van der Waals surface area contributed by atoms with Crippen LogP contribution in [-0.2, 0) is 11.3 Å². The molecule has 1 heterocycles. The lowest BCUT2D eigenvalue weighted by molar-refractivity contribution is -0.115. The fourth-order valence-electron chi connectivity index (χ4n) is 2.71. The molecule has 1 atom stereocenters. The number of para-hydroxylation sites is 1. The number of thioether (sulfide) groups is 1. The number of aryl methyl sites for hydroxylation is 1. The van der Waals surface area contributed by atoms with Crippen LogP contribution in [0.25, 0.3) is 10.9 Å². The summed E-state index contributed by atoms with van der Waals surface area (Å²) in [5.41, 5.74) is 2.32. The summed E-state index contributed by atoms with van der Waals surface area (Å²) in [6.07, 6.45) is 1.65. The SMILES string of the molecule is C=CCn1c(S[C@@H](C)C(=O)Nc2cccc(C)c2)nc2ccccc2c1=O. The predicted octanol–water partition coefficient (Wildman–Crippen LogP) is 4.01. The summed E-state index contributed by atoms with van der Waals surface area (Å²) in [6, 6.07) is 14.9. The van der Waals surface area contributed by atoms with E-state index in [1.54, 1.807) is 29.7 Å². The van der Waals surface area contributed by atoms with E-state index in [-0.39, 0.29) is 11.5 Å². The van der Waals surface area contributed by atoms with Crippen molar-refractivity contribution in [3.63, 3.8) is 0 Å². The third-order valence-electron chi connectivity index (χ3n) is 4.08. The number of allylic oxidation sites excluding steroid dienone is 1.